The first-order chi connectivity index (χ1) is 8.49. The first-order valence-electron chi connectivity index (χ1n) is 5.04. The van der Waals surface area contributed by atoms with Crippen molar-refractivity contribution < 1.29 is 24.5 Å². The molecule has 4 nitrogen and oxygen atoms in total. The fourth-order valence-electron chi connectivity index (χ4n) is 1.63. The molecule has 92 valence electrons. The van der Waals surface area contributed by atoms with Crippen LogP contribution in [0, 0.1) is 5.82 Å². The van der Waals surface area contributed by atoms with E-state index in [4.69, 9.17) is 5.11 Å². The molecule has 0 saturated carbocycles. The van der Waals surface area contributed by atoms with Crippen molar-refractivity contribution in [2.24, 2.45) is 0 Å². The van der Waals surface area contributed by atoms with Crippen LogP contribution >= 0.6 is 0 Å². The Morgan fingerprint density at radius 1 is 1.00 bits per heavy atom. The van der Waals surface area contributed by atoms with Gasteiger partial charge in [-0.25, -0.2) is 9.18 Å². The fraction of sp³-hybridized carbons (Fsp3) is 0. The molecule has 2 aromatic rings. The molecule has 0 fully saturated rings. The van der Waals surface area contributed by atoms with E-state index in [1.165, 1.54) is 24.3 Å². The van der Waals surface area contributed by atoms with E-state index in [2.05, 4.69) is 0 Å². The molecule has 5 heteroatoms. The molecule has 0 spiro atoms. The number of carbonyl (C=O) groups is 1. The summed E-state index contributed by atoms with van der Waals surface area (Å²) in [5.41, 5.74) is 0.471. The zero-order chi connectivity index (χ0) is 13.3. The topological polar surface area (TPSA) is 77.8 Å². The minimum absolute atomic E-state index is 0.236. The van der Waals surface area contributed by atoms with E-state index in [0.29, 0.717) is 11.1 Å². The first-order valence-corrected chi connectivity index (χ1v) is 5.04. The van der Waals surface area contributed by atoms with Gasteiger partial charge in [-0.05, 0) is 29.8 Å². The Kier molecular flexibility index (Phi) is 2.89. The molecule has 0 aliphatic heterocycles. The van der Waals surface area contributed by atoms with Crippen LogP contribution in [0.15, 0.2) is 36.4 Å². The molecule has 0 bridgehead atoms. The van der Waals surface area contributed by atoms with Crippen molar-refractivity contribution in [3.8, 4) is 22.6 Å². The van der Waals surface area contributed by atoms with E-state index in [9.17, 15) is 19.4 Å². The minimum atomic E-state index is -1.25. The summed E-state index contributed by atoms with van der Waals surface area (Å²) >= 11 is 0. The van der Waals surface area contributed by atoms with Crippen LogP contribution in [0.25, 0.3) is 11.1 Å². The van der Waals surface area contributed by atoms with Crippen molar-refractivity contribution in [2.75, 3.05) is 0 Å². The van der Waals surface area contributed by atoms with Crippen molar-refractivity contribution in [2.45, 2.75) is 0 Å². The quantitative estimate of drug-likeness (QED) is 0.763. The summed E-state index contributed by atoms with van der Waals surface area (Å²) < 4.78 is 12.8. The van der Waals surface area contributed by atoms with Crippen LogP contribution in [0.3, 0.4) is 0 Å². The molecule has 0 radical (unpaired) electrons. The number of rotatable bonds is 2. The van der Waals surface area contributed by atoms with Crippen LogP contribution < -0.4 is 0 Å². The van der Waals surface area contributed by atoms with Crippen LogP contribution in [-0.2, 0) is 0 Å². The highest BCUT2D eigenvalue weighted by Gasteiger charge is 2.12. The third-order valence-electron chi connectivity index (χ3n) is 2.50. The third kappa shape index (κ3) is 2.10. The molecule has 0 amide bonds. The average molecular weight is 248 g/mol. The fourth-order valence-corrected chi connectivity index (χ4v) is 1.63. The van der Waals surface area contributed by atoms with Crippen LogP contribution in [0.1, 0.15) is 10.4 Å². The largest absolute Gasteiger partial charge is 0.507 e. The molecule has 0 aromatic heterocycles. The standard InChI is InChI=1S/C13H9FO4/c14-8-2-4-9(12(16)6-8)7-1-3-10(13(17)18)11(15)5-7/h1-6,15-16H,(H,17,18). The number of halogens is 1. The third-order valence-corrected chi connectivity index (χ3v) is 2.50. The molecule has 0 aliphatic rings. The first kappa shape index (κ1) is 11.9. The van der Waals surface area contributed by atoms with Gasteiger partial charge in [0.1, 0.15) is 22.9 Å². The number of phenols is 2. The molecular formula is C13H9FO4. The van der Waals surface area contributed by atoms with Gasteiger partial charge in [0.2, 0.25) is 0 Å². The normalized spacial score (nSPS) is 10.3. The van der Waals surface area contributed by atoms with Crippen molar-refractivity contribution >= 4 is 5.97 Å². The van der Waals surface area contributed by atoms with Gasteiger partial charge in [0.25, 0.3) is 0 Å². The number of aromatic hydroxyl groups is 2. The number of benzene rings is 2. The molecule has 0 atom stereocenters. The summed E-state index contributed by atoms with van der Waals surface area (Å²) in [4.78, 5) is 10.7. The zero-order valence-electron chi connectivity index (χ0n) is 9.09. The van der Waals surface area contributed by atoms with E-state index in [-0.39, 0.29) is 11.3 Å². The van der Waals surface area contributed by atoms with Crippen molar-refractivity contribution in [1.82, 2.24) is 0 Å². The van der Waals surface area contributed by atoms with Gasteiger partial charge >= 0.3 is 5.97 Å². The van der Waals surface area contributed by atoms with Gasteiger partial charge in [-0.3, -0.25) is 0 Å². The maximum atomic E-state index is 12.8. The van der Waals surface area contributed by atoms with E-state index < -0.39 is 17.5 Å². The van der Waals surface area contributed by atoms with Crippen molar-refractivity contribution in [1.29, 1.82) is 0 Å². The number of aromatic carboxylic acids is 1. The Bertz CT molecular complexity index is 622. The maximum absolute atomic E-state index is 12.8. The summed E-state index contributed by atoms with van der Waals surface area (Å²) in [7, 11) is 0. The second-order valence-electron chi connectivity index (χ2n) is 3.70. The van der Waals surface area contributed by atoms with Crippen LogP contribution in [0.2, 0.25) is 0 Å². The second kappa shape index (κ2) is 4.37. The Balaban J connectivity index is 2.52. The lowest BCUT2D eigenvalue weighted by atomic mass is 10.0. The Morgan fingerprint density at radius 2 is 1.72 bits per heavy atom. The number of hydrogen-bond donors (Lipinski definition) is 3. The molecule has 3 N–H and O–H groups in total. The smallest absolute Gasteiger partial charge is 0.339 e. The lowest BCUT2D eigenvalue weighted by Gasteiger charge is -2.07. The van der Waals surface area contributed by atoms with Gasteiger partial charge in [0, 0.05) is 11.6 Å². The predicted molar refractivity (Wildman–Crippen MR) is 62.1 cm³/mol. The van der Waals surface area contributed by atoms with Crippen molar-refractivity contribution in [3.05, 3.63) is 47.8 Å². The zero-order valence-corrected chi connectivity index (χ0v) is 9.09. The summed E-state index contributed by atoms with van der Waals surface area (Å²) in [6.07, 6.45) is 0. The number of phenolic OH excluding ortho intramolecular Hbond substituents is 1. The van der Waals surface area contributed by atoms with Crippen LogP contribution in [0.4, 0.5) is 4.39 Å². The molecule has 0 aliphatic carbocycles. The highest BCUT2D eigenvalue weighted by atomic mass is 19.1. The summed E-state index contributed by atoms with van der Waals surface area (Å²) in [5, 5.41) is 27.9. The molecule has 2 aromatic carbocycles. The average Bonchev–Trinajstić information content (AvgIpc) is 2.28. The van der Waals surface area contributed by atoms with Gasteiger partial charge in [-0.1, -0.05) is 6.07 Å². The molecule has 2 rings (SSSR count). The van der Waals surface area contributed by atoms with E-state index >= 15 is 0 Å². The van der Waals surface area contributed by atoms with Crippen LogP contribution in [-0.4, -0.2) is 21.3 Å². The number of carboxylic acids is 1. The van der Waals surface area contributed by atoms with Crippen LogP contribution in [0.5, 0.6) is 11.5 Å². The lowest BCUT2D eigenvalue weighted by molar-refractivity contribution is 0.0694. The highest BCUT2D eigenvalue weighted by molar-refractivity contribution is 5.92. The van der Waals surface area contributed by atoms with Crippen molar-refractivity contribution in [3.63, 3.8) is 0 Å². The van der Waals surface area contributed by atoms with E-state index in [1.54, 1.807) is 0 Å². The van der Waals surface area contributed by atoms with Gasteiger partial charge in [-0.15, -0.1) is 0 Å². The number of hydrogen-bond acceptors (Lipinski definition) is 3. The maximum Gasteiger partial charge on any atom is 0.339 e. The van der Waals surface area contributed by atoms with Gasteiger partial charge in [0.15, 0.2) is 0 Å². The Hall–Kier alpha value is -2.56. The molecule has 0 saturated heterocycles. The highest BCUT2D eigenvalue weighted by Crippen LogP contribution is 2.32. The summed E-state index contributed by atoms with van der Waals surface area (Å²) in [5.74, 6) is -2.52. The second-order valence-corrected chi connectivity index (χ2v) is 3.70. The molecular weight excluding hydrogens is 239 g/mol. The van der Waals surface area contributed by atoms with E-state index in [1.807, 2.05) is 0 Å². The SMILES string of the molecule is O=C(O)c1ccc(-c2ccc(F)cc2O)cc1O. The molecule has 0 heterocycles. The summed E-state index contributed by atoms with van der Waals surface area (Å²) in [6.45, 7) is 0. The lowest BCUT2D eigenvalue weighted by Crippen LogP contribution is -1.96. The predicted octanol–water partition coefficient (Wildman–Crippen LogP) is 2.60. The summed E-state index contributed by atoms with van der Waals surface area (Å²) in [6, 6.07) is 7.30. The Morgan fingerprint density at radius 3 is 2.28 bits per heavy atom. The van der Waals surface area contributed by atoms with Gasteiger partial charge < -0.3 is 15.3 Å². The minimum Gasteiger partial charge on any atom is -0.507 e. The monoisotopic (exact) mass is 248 g/mol. The number of carboxylic acid groups (broad SMARTS) is 1. The van der Waals surface area contributed by atoms with Gasteiger partial charge in [0.05, 0.1) is 0 Å². The van der Waals surface area contributed by atoms with E-state index in [0.717, 1.165) is 12.1 Å². The Labute approximate surface area is 102 Å². The molecule has 0 unspecified atom stereocenters. The molecule has 18 heavy (non-hydrogen) atoms. The van der Waals surface area contributed by atoms with Gasteiger partial charge in [-0.2, -0.15) is 0 Å².